The van der Waals surface area contributed by atoms with Gasteiger partial charge in [0, 0.05) is 31.2 Å². The van der Waals surface area contributed by atoms with Gasteiger partial charge in [0.2, 0.25) is 0 Å². The number of anilines is 2. The molecule has 0 spiro atoms. The van der Waals surface area contributed by atoms with Crippen LogP contribution in [0, 0.1) is 0 Å². The van der Waals surface area contributed by atoms with Crippen molar-refractivity contribution in [2.24, 2.45) is 0 Å². The standard InChI is InChI=1S/C15H16N4O/c20-15(18-14-5-1-2-7-17-14)13-11-12(6-8-16-13)19-9-3-4-10-19/h1-2,5-8,11H,3-4,9-10H2,(H,17,18,20). The maximum Gasteiger partial charge on any atom is 0.275 e. The first-order chi connectivity index (χ1) is 9.83. The van der Waals surface area contributed by atoms with Crippen LogP contribution in [0.4, 0.5) is 11.5 Å². The molecule has 102 valence electrons. The molecule has 1 aliphatic heterocycles. The molecule has 1 aliphatic rings. The third-order valence-corrected chi connectivity index (χ3v) is 3.35. The molecule has 0 saturated carbocycles. The van der Waals surface area contributed by atoms with Crippen LogP contribution in [-0.4, -0.2) is 29.0 Å². The smallest absolute Gasteiger partial charge is 0.275 e. The molecule has 0 radical (unpaired) electrons. The molecule has 0 bridgehead atoms. The summed E-state index contributed by atoms with van der Waals surface area (Å²) in [6.07, 6.45) is 5.74. The van der Waals surface area contributed by atoms with E-state index in [9.17, 15) is 4.79 Å². The van der Waals surface area contributed by atoms with Crippen molar-refractivity contribution in [3.05, 3.63) is 48.4 Å². The summed E-state index contributed by atoms with van der Waals surface area (Å²) in [5.41, 5.74) is 1.48. The molecule has 0 unspecified atom stereocenters. The summed E-state index contributed by atoms with van der Waals surface area (Å²) >= 11 is 0. The summed E-state index contributed by atoms with van der Waals surface area (Å²) in [6.45, 7) is 2.09. The van der Waals surface area contributed by atoms with Crippen molar-refractivity contribution >= 4 is 17.4 Å². The molecular formula is C15H16N4O. The highest BCUT2D eigenvalue weighted by Crippen LogP contribution is 2.20. The lowest BCUT2D eigenvalue weighted by Crippen LogP contribution is -2.19. The number of nitrogens with one attached hydrogen (secondary N) is 1. The van der Waals surface area contributed by atoms with Gasteiger partial charge in [0.25, 0.3) is 5.91 Å². The van der Waals surface area contributed by atoms with Crippen molar-refractivity contribution in [2.75, 3.05) is 23.3 Å². The number of hydrogen-bond acceptors (Lipinski definition) is 4. The summed E-state index contributed by atoms with van der Waals surface area (Å²) in [7, 11) is 0. The van der Waals surface area contributed by atoms with Crippen LogP contribution in [0.25, 0.3) is 0 Å². The molecule has 1 N–H and O–H groups in total. The minimum Gasteiger partial charge on any atom is -0.371 e. The number of hydrogen-bond donors (Lipinski definition) is 1. The van der Waals surface area contributed by atoms with E-state index in [1.165, 1.54) is 12.8 Å². The Hall–Kier alpha value is -2.43. The van der Waals surface area contributed by atoms with E-state index in [1.807, 2.05) is 24.3 Å². The third kappa shape index (κ3) is 2.77. The highest BCUT2D eigenvalue weighted by molar-refractivity contribution is 6.02. The van der Waals surface area contributed by atoms with Gasteiger partial charge in [-0.3, -0.25) is 9.78 Å². The van der Waals surface area contributed by atoms with Gasteiger partial charge in [-0.25, -0.2) is 4.98 Å². The fraction of sp³-hybridized carbons (Fsp3) is 0.267. The lowest BCUT2D eigenvalue weighted by Gasteiger charge is -2.17. The van der Waals surface area contributed by atoms with Gasteiger partial charge in [0.15, 0.2) is 0 Å². The highest BCUT2D eigenvalue weighted by Gasteiger charge is 2.15. The van der Waals surface area contributed by atoms with Crippen molar-refractivity contribution in [2.45, 2.75) is 12.8 Å². The van der Waals surface area contributed by atoms with Gasteiger partial charge in [0.1, 0.15) is 11.5 Å². The van der Waals surface area contributed by atoms with E-state index in [2.05, 4.69) is 20.2 Å². The maximum absolute atomic E-state index is 12.1. The Labute approximate surface area is 117 Å². The number of amides is 1. The van der Waals surface area contributed by atoms with Gasteiger partial charge in [-0.15, -0.1) is 0 Å². The number of carbonyl (C=O) groups excluding carboxylic acids is 1. The molecule has 3 heterocycles. The second kappa shape index (κ2) is 5.69. The number of carbonyl (C=O) groups is 1. The topological polar surface area (TPSA) is 58.1 Å². The molecule has 0 atom stereocenters. The van der Waals surface area contributed by atoms with E-state index >= 15 is 0 Å². The fourth-order valence-electron chi connectivity index (χ4n) is 2.33. The Morgan fingerprint density at radius 1 is 1.10 bits per heavy atom. The largest absolute Gasteiger partial charge is 0.371 e. The predicted octanol–water partition coefficient (Wildman–Crippen LogP) is 2.33. The molecule has 5 heteroatoms. The first kappa shape index (κ1) is 12.6. The summed E-state index contributed by atoms with van der Waals surface area (Å²) in [4.78, 5) is 22.6. The highest BCUT2D eigenvalue weighted by atomic mass is 16.1. The third-order valence-electron chi connectivity index (χ3n) is 3.35. The van der Waals surface area contributed by atoms with Crippen LogP contribution < -0.4 is 10.2 Å². The van der Waals surface area contributed by atoms with Gasteiger partial charge in [-0.05, 0) is 37.1 Å². The van der Waals surface area contributed by atoms with Crippen LogP contribution in [0.15, 0.2) is 42.7 Å². The van der Waals surface area contributed by atoms with Crippen molar-refractivity contribution in [1.82, 2.24) is 9.97 Å². The average Bonchev–Trinajstić information content (AvgIpc) is 3.03. The van der Waals surface area contributed by atoms with Crippen LogP contribution in [-0.2, 0) is 0 Å². The predicted molar refractivity (Wildman–Crippen MR) is 77.9 cm³/mol. The monoisotopic (exact) mass is 268 g/mol. The normalized spacial score (nSPS) is 14.3. The Bertz CT molecular complexity index is 594. The van der Waals surface area contributed by atoms with E-state index in [-0.39, 0.29) is 5.91 Å². The van der Waals surface area contributed by atoms with Crippen molar-refractivity contribution in [3.8, 4) is 0 Å². The SMILES string of the molecule is O=C(Nc1ccccn1)c1cc(N2CCCC2)ccn1. The van der Waals surface area contributed by atoms with Gasteiger partial charge in [0.05, 0.1) is 0 Å². The number of pyridine rings is 2. The Kier molecular flexibility index (Phi) is 3.58. The molecule has 2 aromatic rings. The zero-order valence-corrected chi connectivity index (χ0v) is 11.1. The molecule has 20 heavy (non-hydrogen) atoms. The van der Waals surface area contributed by atoms with E-state index < -0.39 is 0 Å². The summed E-state index contributed by atoms with van der Waals surface area (Å²) < 4.78 is 0. The van der Waals surface area contributed by atoms with Crippen LogP contribution >= 0.6 is 0 Å². The second-order valence-corrected chi connectivity index (χ2v) is 4.76. The van der Waals surface area contributed by atoms with Crippen LogP contribution in [0.5, 0.6) is 0 Å². The summed E-state index contributed by atoms with van der Waals surface area (Å²) in [6, 6.07) is 9.17. The van der Waals surface area contributed by atoms with Crippen molar-refractivity contribution in [3.63, 3.8) is 0 Å². The van der Waals surface area contributed by atoms with Gasteiger partial charge in [-0.1, -0.05) is 6.07 Å². The molecular weight excluding hydrogens is 252 g/mol. The van der Waals surface area contributed by atoms with E-state index in [1.54, 1.807) is 18.5 Å². The maximum atomic E-state index is 12.1. The molecule has 2 aromatic heterocycles. The fourth-order valence-corrected chi connectivity index (χ4v) is 2.33. The Morgan fingerprint density at radius 3 is 2.70 bits per heavy atom. The number of nitrogens with zero attached hydrogens (tertiary/aromatic N) is 3. The lowest BCUT2D eigenvalue weighted by molar-refractivity contribution is 0.102. The molecule has 0 aliphatic carbocycles. The zero-order valence-electron chi connectivity index (χ0n) is 11.1. The van der Waals surface area contributed by atoms with Crippen LogP contribution in [0.3, 0.4) is 0 Å². The van der Waals surface area contributed by atoms with Gasteiger partial charge >= 0.3 is 0 Å². The molecule has 5 nitrogen and oxygen atoms in total. The molecule has 0 aromatic carbocycles. The van der Waals surface area contributed by atoms with E-state index in [0.717, 1.165) is 18.8 Å². The quantitative estimate of drug-likeness (QED) is 0.928. The molecule has 3 rings (SSSR count). The zero-order chi connectivity index (χ0) is 13.8. The Balaban J connectivity index is 1.76. The average molecular weight is 268 g/mol. The Morgan fingerprint density at radius 2 is 1.95 bits per heavy atom. The minimum atomic E-state index is -0.232. The van der Waals surface area contributed by atoms with Crippen LogP contribution in [0.2, 0.25) is 0 Å². The summed E-state index contributed by atoms with van der Waals surface area (Å²) in [5, 5.41) is 2.74. The second-order valence-electron chi connectivity index (χ2n) is 4.76. The minimum absolute atomic E-state index is 0.232. The summed E-state index contributed by atoms with van der Waals surface area (Å²) in [5.74, 6) is 0.302. The van der Waals surface area contributed by atoms with E-state index in [0.29, 0.717) is 11.5 Å². The van der Waals surface area contributed by atoms with E-state index in [4.69, 9.17) is 0 Å². The van der Waals surface area contributed by atoms with Crippen molar-refractivity contribution in [1.29, 1.82) is 0 Å². The van der Waals surface area contributed by atoms with Crippen LogP contribution in [0.1, 0.15) is 23.3 Å². The van der Waals surface area contributed by atoms with Gasteiger partial charge < -0.3 is 10.2 Å². The number of rotatable bonds is 3. The first-order valence-electron chi connectivity index (χ1n) is 6.76. The lowest BCUT2D eigenvalue weighted by atomic mass is 10.3. The van der Waals surface area contributed by atoms with Gasteiger partial charge in [-0.2, -0.15) is 0 Å². The first-order valence-corrected chi connectivity index (χ1v) is 6.76. The number of aromatic nitrogens is 2. The molecule has 1 saturated heterocycles. The molecule has 1 fully saturated rings. The van der Waals surface area contributed by atoms with Crippen molar-refractivity contribution < 1.29 is 4.79 Å². The molecule has 1 amide bonds.